The third-order valence-electron chi connectivity index (χ3n) is 5.80. The summed E-state index contributed by atoms with van der Waals surface area (Å²) in [6, 6.07) is 17.2. The van der Waals surface area contributed by atoms with Gasteiger partial charge in [0.25, 0.3) is 0 Å². The van der Waals surface area contributed by atoms with Gasteiger partial charge in [-0.15, -0.1) is 0 Å². The van der Waals surface area contributed by atoms with E-state index in [1.165, 1.54) is 54.6 Å². The first-order chi connectivity index (χ1) is 17.2. The summed E-state index contributed by atoms with van der Waals surface area (Å²) in [4.78, 5) is 14.1. The van der Waals surface area contributed by atoms with Crippen molar-refractivity contribution in [3.8, 4) is 11.5 Å². The first kappa shape index (κ1) is 25.3. The van der Waals surface area contributed by atoms with Crippen molar-refractivity contribution in [2.45, 2.75) is 18.4 Å². The molecule has 4 aromatic rings. The molecular formula is C27H25F3N2O4. The minimum atomic E-state index is -3.25. The standard InChI is InChI=1S/C27H25F3N2O4/c28-21-14-17(6-10-24(21)36-16-27(29,30)18-4-2-1-3-5-18)12-13-31-15-23(34)19-7-9-22(33)26-20(19)8-11-25(35)32-26/h1-11,14,23,31,33-34H,12-13,15-16H2,(H,32,35)/t23-/m1/s1. The number of benzene rings is 3. The van der Waals surface area contributed by atoms with Gasteiger partial charge in [-0.3, -0.25) is 4.79 Å². The van der Waals surface area contributed by atoms with Crippen LogP contribution in [0.3, 0.4) is 0 Å². The molecule has 4 rings (SSSR count). The first-order valence-electron chi connectivity index (χ1n) is 11.3. The summed E-state index contributed by atoms with van der Waals surface area (Å²) in [5.74, 6) is -4.34. The Morgan fingerprint density at radius 3 is 2.56 bits per heavy atom. The van der Waals surface area contributed by atoms with Crippen LogP contribution in [0.25, 0.3) is 10.9 Å². The van der Waals surface area contributed by atoms with E-state index in [0.29, 0.717) is 29.5 Å². The maximum Gasteiger partial charge on any atom is 0.306 e. The second-order valence-corrected chi connectivity index (χ2v) is 8.38. The Hall–Kier alpha value is -3.82. The predicted molar refractivity (Wildman–Crippen MR) is 130 cm³/mol. The van der Waals surface area contributed by atoms with E-state index in [0.717, 1.165) is 0 Å². The highest BCUT2D eigenvalue weighted by Crippen LogP contribution is 2.30. The average Bonchev–Trinajstić information content (AvgIpc) is 2.87. The summed E-state index contributed by atoms with van der Waals surface area (Å²) < 4.78 is 48.0. The molecule has 0 aliphatic rings. The molecular weight excluding hydrogens is 473 g/mol. The van der Waals surface area contributed by atoms with Crippen LogP contribution in [0.5, 0.6) is 11.5 Å². The zero-order valence-electron chi connectivity index (χ0n) is 19.2. The van der Waals surface area contributed by atoms with E-state index in [-0.39, 0.29) is 34.7 Å². The molecule has 0 aliphatic carbocycles. The number of hydrogen-bond donors (Lipinski definition) is 4. The van der Waals surface area contributed by atoms with Crippen molar-refractivity contribution in [1.82, 2.24) is 10.3 Å². The minimum absolute atomic E-state index is 0.0927. The van der Waals surface area contributed by atoms with Crippen molar-refractivity contribution >= 4 is 10.9 Å². The second kappa shape index (κ2) is 10.8. The molecule has 6 nitrogen and oxygen atoms in total. The summed E-state index contributed by atoms with van der Waals surface area (Å²) in [7, 11) is 0. The summed E-state index contributed by atoms with van der Waals surface area (Å²) in [6.45, 7) is -0.389. The highest BCUT2D eigenvalue weighted by molar-refractivity contribution is 5.87. The van der Waals surface area contributed by atoms with Gasteiger partial charge in [0, 0.05) is 23.6 Å². The smallest absolute Gasteiger partial charge is 0.306 e. The number of hydrogen-bond acceptors (Lipinski definition) is 5. The quantitative estimate of drug-likeness (QED) is 0.243. The van der Waals surface area contributed by atoms with Crippen LogP contribution in [0.15, 0.2) is 77.6 Å². The number of pyridine rings is 1. The van der Waals surface area contributed by atoms with E-state index in [2.05, 4.69) is 10.3 Å². The van der Waals surface area contributed by atoms with Crippen molar-refractivity contribution in [2.75, 3.05) is 19.7 Å². The lowest BCUT2D eigenvalue weighted by molar-refractivity contribution is -0.0475. The molecule has 0 amide bonds. The molecule has 1 atom stereocenters. The van der Waals surface area contributed by atoms with E-state index in [9.17, 15) is 28.2 Å². The fourth-order valence-electron chi connectivity index (χ4n) is 3.88. The summed E-state index contributed by atoms with van der Waals surface area (Å²) in [5, 5.41) is 24.2. The topological polar surface area (TPSA) is 94.6 Å². The van der Waals surface area contributed by atoms with Crippen molar-refractivity contribution in [2.24, 2.45) is 0 Å². The monoisotopic (exact) mass is 498 g/mol. The number of phenolic OH excluding ortho intramolecular Hbond substituents is 1. The van der Waals surface area contributed by atoms with E-state index in [1.807, 2.05) is 0 Å². The predicted octanol–water partition coefficient (Wildman–Crippen LogP) is 4.41. The number of aliphatic hydroxyl groups excluding tert-OH is 1. The molecule has 0 saturated carbocycles. The second-order valence-electron chi connectivity index (χ2n) is 8.38. The van der Waals surface area contributed by atoms with Crippen molar-refractivity contribution < 1.29 is 28.1 Å². The third kappa shape index (κ3) is 5.87. The van der Waals surface area contributed by atoms with E-state index >= 15 is 0 Å². The van der Waals surface area contributed by atoms with Gasteiger partial charge in [0.15, 0.2) is 18.2 Å². The molecule has 0 bridgehead atoms. The largest absolute Gasteiger partial charge is 0.506 e. The molecule has 36 heavy (non-hydrogen) atoms. The molecule has 4 N–H and O–H groups in total. The van der Waals surface area contributed by atoms with Crippen LogP contribution in [-0.2, 0) is 12.3 Å². The third-order valence-corrected chi connectivity index (χ3v) is 5.80. The lowest BCUT2D eigenvalue weighted by Crippen LogP contribution is -2.24. The number of alkyl halides is 2. The lowest BCUT2D eigenvalue weighted by Gasteiger charge is -2.18. The van der Waals surface area contributed by atoms with Gasteiger partial charge in [-0.05, 0) is 48.4 Å². The Kier molecular flexibility index (Phi) is 7.61. The van der Waals surface area contributed by atoms with Gasteiger partial charge in [0.1, 0.15) is 5.75 Å². The maximum atomic E-state index is 14.4. The molecule has 0 radical (unpaired) electrons. The van der Waals surface area contributed by atoms with Crippen LogP contribution in [-0.4, -0.2) is 34.9 Å². The van der Waals surface area contributed by atoms with Crippen LogP contribution < -0.4 is 15.6 Å². The van der Waals surface area contributed by atoms with Gasteiger partial charge in [0.2, 0.25) is 5.56 Å². The molecule has 9 heteroatoms. The van der Waals surface area contributed by atoms with Crippen molar-refractivity contribution in [3.63, 3.8) is 0 Å². The van der Waals surface area contributed by atoms with Crippen LogP contribution in [0.4, 0.5) is 13.2 Å². The molecule has 0 saturated heterocycles. The first-order valence-corrected chi connectivity index (χ1v) is 11.3. The Morgan fingerprint density at radius 1 is 1.03 bits per heavy atom. The number of aliphatic hydroxyl groups is 1. The van der Waals surface area contributed by atoms with E-state index in [4.69, 9.17) is 4.74 Å². The molecule has 188 valence electrons. The number of ether oxygens (including phenoxy) is 1. The van der Waals surface area contributed by atoms with E-state index in [1.54, 1.807) is 18.2 Å². The molecule has 1 heterocycles. The van der Waals surface area contributed by atoms with Crippen molar-refractivity contribution in [3.05, 3.63) is 106 Å². The number of nitrogens with one attached hydrogen (secondary N) is 2. The van der Waals surface area contributed by atoms with Gasteiger partial charge in [-0.1, -0.05) is 42.5 Å². The summed E-state index contributed by atoms with van der Waals surface area (Å²) in [5.41, 5.74) is 0.842. The Morgan fingerprint density at radius 2 is 1.81 bits per heavy atom. The molecule has 0 spiro atoms. The Labute approximate surface area is 205 Å². The highest BCUT2D eigenvalue weighted by Gasteiger charge is 2.32. The number of aromatic amines is 1. The maximum absolute atomic E-state index is 14.4. The number of H-pyrrole nitrogens is 1. The van der Waals surface area contributed by atoms with Gasteiger partial charge in [-0.2, -0.15) is 8.78 Å². The summed E-state index contributed by atoms with van der Waals surface area (Å²) in [6.07, 6.45) is -0.494. The van der Waals surface area contributed by atoms with Gasteiger partial charge in [0.05, 0.1) is 11.6 Å². The van der Waals surface area contributed by atoms with Crippen LogP contribution >= 0.6 is 0 Å². The number of phenols is 1. The zero-order valence-corrected chi connectivity index (χ0v) is 19.2. The Bertz CT molecular complexity index is 1390. The Balaban J connectivity index is 1.30. The minimum Gasteiger partial charge on any atom is -0.506 e. The molecule has 0 aliphatic heterocycles. The normalized spacial score (nSPS) is 12.6. The van der Waals surface area contributed by atoms with Gasteiger partial charge in [-0.25, -0.2) is 4.39 Å². The van der Waals surface area contributed by atoms with Crippen molar-refractivity contribution in [1.29, 1.82) is 0 Å². The number of aromatic nitrogens is 1. The zero-order chi connectivity index (χ0) is 25.7. The van der Waals surface area contributed by atoms with Crippen LogP contribution in [0.1, 0.15) is 22.8 Å². The lowest BCUT2D eigenvalue weighted by atomic mass is 10.0. The molecule has 3 aromatic carbocycles. The molecule has 0 fully saturated rings. The average molecular weight is 499 g/mol. The number of rotatable bonds is 10. The molecule has 0 unspecified atom stereocenters. The van der Waals surface area contributed by atoms with Crippen LogP contribution in [0.2, 0.25) is 0 Å². The van der Waals surface area contributed by atoms with Gasteiger partial charge >= 0.3 is 5.92 Å². The van der Waals surface area contributed by atoms with E-state index < -0.39 is 24.5 Å². The molecule has 1 aromatic heterocycles. The fourth-order valence-corrected chi connectivity index (χ4v) is 3.88. The number of fused-ring (bicyclic) bond motifs is 1. The highest BCUT2D eigenvalue weighted by atomic mass is 19.3. The number of aromatic hydroxyl groups is 1. The fraction of sp³-hybridized carbons (Fsp3) is 0.222. The number of halogens is 3. The summed E-state index contributed by atoms with van der Waals surface area (Å²) >= 11 is 0. The SMILES string of the molecule is O=c1ccc2c([C@H](O)CNCCc3ccc(OCC(F)(F)c4ccccc4)c(F)c3)ccc(O)c2[nH]1. The van der Waals surface area contributed by atoms with Gasteiger partial charge < -0.3 is 25.3 Å². The van der Waals surface area contributed by atoms with Crippen LogP contribution in [0, 0.1) is 5.82 Å².